The summed E-state index contributed by atoms with van der Waals surface area (Å²) in [6, 6.07) is 32.3. The third-order valence-corrected chi connectivity index (χ3v) is 7.30. The summed E-state index contributed by atoms with van der Waals surface area (Å²) in [4.78, 5) is 27.3. The van der Waals surface area contributed by atoms with Gasteiger partial charge in [0.15, 0.2) is 11.5 Å². The van der Waals surface area contributed by atoms with Crippen molar-refractivity contribution in [1.29, 1.82) is 0 Å². The maximum atomic E-state index is 13.9. The number of carbonyl (C=O) groups excluding carboxylic acids is 1. The summed E-state index contributed by atoms with van der Waals surface area (Å²) in [5, 5.41) is 21.9. The summed E-state index contributed by atoms with van der Waals surface area (Å²) in [7, 11) is -3.38. The molecule has 1 atom stereocenters. The van der Waals surface area contributed by atoms with Crippen LogP contribution >= 0.6 is 0 Å². The van der Waals surface area contributed by atoms with Gasteiger partial charge in [0.1, 0.15) is 17.0 Å². The number of nitrogens with zero attached hydrogens (tertiary/aromatic N) is 2. The van der Waals surface area contributed by atoms with E-state index in [1.54, 1.807) is 72.8 Å². The van der Waals surface area contributed by atoms with Gasteiger partial charge in [-0.05, 0) is 29.1 Å². The molecule has 0 aliphatic heterocycles. The van der Waals surface area contributed by atoms with E-state index < -0.39 is 34.1 Å². The second kappa shape index (κ2) is 11.7. The zero-order chi connectivity index (χ0) is 29.9. The van der Waals surface area contributed by atoms with Gasteiger partial charge < -0.3 is 13.7 Å². The number of aromatic hydroxyl groups is 1. The van der Waals surface area contributed by atoms with Gasteiger partial charge >= 0.3 is 5.63 Å². The topological polar surface area (TPSA) is 136 Å². The molecule has 6 rings (SSSR count). The number of carbonyl (C=O) groups is 1. The maximum absolute atomic E-state index is 13.9. The molecule has 43 heavy (non-hydrogen) atoms. The fourth-order valence-corrected chi connectivity index (χ4v) is 5.33. The Bertz CT molecular complexity index is 2150. The van der Waals surface area contributed by atoms with Crippen molar-refractivity contribution in [3.8, 4) is 11.5 Å². The zero-order valence-electron chi connectivity index (χ0n) is 22.3. The molecule has 10 heteroatoms. The molecule has 1 aromatic heterocycles. The molecule has 0 aliphatic carbocycles. The number of ketones is 1. The van der Waals surface area contributed by atoms with Crippen LogP contribution in [0.15, 0.2) is 135 Å². The van der Waals surface area contributed by atoms with E-state index in [0.29, 0.717) is 16.8 Å². The first-order valence-electron chi connectivity index (χ1n) is 13.1. The van der Waals surface area contributed by atoms with Crippen LogP contribution in [0.5, 0.6) is 11.5 Å². The Morgan fingerprint density at radius 1 is 0.791 bits per heavy atom. The molecule has 0 bridgehead atoms. The first-order chi connectivity index (χ1) is 20.9. The van der Waals surface area contributed by atoms with E-state index in [-0.39, 0.29) is 28.0 Å². The van der Waals surface area contributed by atoms with Crippen molar-refractivity contribution in [3.05, 3.63) is 142 Å². The number of hydrogen-bond donors (Lipinski definition) is 2. The van der Waals surface area contributed by atoms with Crippen molar-refractivity contribution >= 4 is 49.9 Å². The van der Waals surface area contributed by atoms with E-state index in [1.165, 1.54) is 12.1 Å². The van der Waals surface area contributed by atoms with Crippen molar-refractivity contribution in [1.82, 2.24) is 0 Å². The predicted molar refractivity (Wildman–Crippen MR) is 162 cm³/mol. The van der Waals surface area contributed by atoms with E-state index in [2.05, 4.69) is 10.2 Å². The van der Waals surface area contributed by atoms with Gasteiger partial charge in [-0.3, -0.25) is 4.79 Å². The molecule has 1 unspecified atom stereocenters. The molecule has 6 aromatic rings. The van der Waals surface area contributed by atoms with Crippen molar-refractivity contribution < 1.29 is 26.9 Å². The van der Waals surface area contributed by atoms with Crippen molar-refractivity contribution in [3.63, 3.8) is 0 Å². The smallest absolute Gasteiger partial charge is 0.344 e. The minimum atomic E-state index is -3.38. The summed E-state index contributed by atoms with van der Waals surface area (Å²) >= 11 is 0. The van der Waals surface area contributed by atoms with Crippen molar-refractivity contribution in [2.45, 2.75) is 5.92 Å². The molecule has 0 radical (unpaired) electrons. The van der Waals surface area contributed by atoms with Crippen LogP contribution in [0.3, 0.4) is 0 Å². The number of rotatable bonds is 8. The summed E-state index contributed by atoms with van der Waals surface area (Å²) in [5.74, 6) is -2.58. The second-order valence-corrected chi connectivity index (χ2v) is 10.2. The van der Waals surface area contributed by atoms with E-state index in [0.717, 1.165) is 10.8 Å². The largest absolute Gasteiger partial charge is 0.506 e. The molecule has 1 N–H and O–H groups in total. The number of thiol groups is 1. The minimum absolute atomic E-state index is 0.106. The Balaban J connectivity index is 1.62. The lowest BCUT2D eigenvalue weighted by Gasteiger charge is -2.18. The Hall–Kier alpha value is -5.61. The highest BCUT2D eigenvalue weighted by atomic mass is 32.2. The van der Waals surface area contributed by atoms with Crippen LogP contribution < -0.4 is 9.81 Å². The minimum Gasteiger partial charge on any atom is -0.506 e. The van der Waals surface area contributed by atoms with Gasteiger partial charge in [-0.25, -0.2) is 4.79 Å². The van der Waals surface area contributed by atoms with Crippen LogP contribution in [0.25, 0.3) is 21.7 Å². The van der Waals surface area contributed by atoms with Gasteiger partial charge in [0.25, 0.3) is 11.0 Å². The lowest BCUT2D eigenvalue weighted by Crippen LogP contribution is -2.21. The lowest BCUT2D eigenvalue weighted by atomic mass is 9.84. The molecule has 0 fully saturated rings. The SMILES string of the molecule is O=C(c1ccccc1)C(c1ccccc1)c1c(O)c2c(/N=N/c3cccc4ccccc34)c(O[SH](=O)=O)ccc2oc1=O. The number of benzene rings is 5. The average molecular weight is 591 g/mol. The molecular formula is C33H22N2O7S. The summed E-state index contributed by atoms with van der Waals surface area (Å²) in [6.45, 7) is 0. The average Bonchev–Trinajstić information content (AvgIpc) is 3.03. The van der Waals surface area contributed by atoms with Gasteiger partial charge in [0.05, 0.1) is 22.6 Å². The first kappa shape index (κ1) is 27.6. The second-order valence-electron chi connectivity index (χ2n) is 9.52. The van der Waals surface area contributed by atoms with Crippen LogP contribution in [0.1, 0.15) is 27.4 Å². The van der Waals surface area contributed by atoms with Gasteiger partial charge in [0.2, 0.25) is 0 Å². The van der Waals surface area contributed by atoms with Gasteiger partial charge in [-0.15, -0.1) is 10.2 Å². The lowest BCUT2D eigenvalue weighted by molar-refractivity contribution is 0.0971. The third kappa shape index (κ3) is 5.39. The van der Waals surface area contributed by atoms with Gasteiger partial charge in [-0.2, -0.15) is 8.42 Å². The molecular weight excluding hydrogens is 568 g/mol. The standard InChI is InChI=1S/C33H22N2O7S/c36-31(22-13-5-2-6-14-22)27(21-11-3-1-4-12-21)29-32(37)28-25(41-33(29)38)18-19-26(42-43(39)40)30(28)35-34-24-17-9-15-20-10-7-8-16-23(20)24/h1-19,27,37,43H/b35-34+. The highest BCUT2D eigenvalue weighted by Crippen LogP contribution is 2.45. The van der Waals surface area contributed by atoms with Crippen LogP contribution in [0.2, 0.25) is 0 Å². The fourth-order valence-electron chi connectivity index (χ4n) is 5.02. The summed E-state index contributed by atoms with van der Waals surface area (Å²) in [5.41, 5.74) is -0.372. The fraction of sp³-hybridized carbons (Fsp3) is 0.0303. The number of hydrogen-bond acceptors (Lipinski definition) is 9. The Labute approximate surface area is 246 Å². The molecule has 0 saturated heterocycles. The normalized spacial score (nSPS) is 12.2. The molecule has 0 spiro atoms. The van der Waals surface area contributed by atoms with E-state index >= 15 is 0 Å². The summed E-state index contributed by atoms with van der Waals surface area (Å²) < 4.78 is 33.9. The van der Waals surface area contributed by atoms with Crippen LogP contribution in [0.4, 0.5) is 11.4 Å². The van der Waals surface area contributed by atoms with Crippen LogP contribution in [-0.2, 0) is 11.0 Å². The van der Waals surface area contributed by atoms with Crippen LogP contribution in [0, 0.1) is 0 Å². The maximum Gasteiger partial charge on any atom is 0.344 e. The first-order valence-corrected chi connectivity index (χ1v) is 14.2. The predicted octanol–water partition coefficient (Wildman–Crippen LogP) is 6.99. The van der Waals surface area contributed by atoms with Gasteiger partial charge in [-0.1, -0.05) is 97.1 Å². The van der Waals surface area contributed by atoms with E-state index in [9.17, 15) is 23.1 Å². The summed E-state index contributed by atoms with van der Waals surface area (Å²) in [6.07, 6.45) is 0. The Kier molecular flexibility index (Phi) is 7.50. The zero-order valence-corrected chi connectivity index (χ0v) is 23.2. The third-order valence-electron chi connectivity index (χ3n) is 6.96. The molecule has 9 nitrogen and oxygen atoms in total. The quantitative estimate of drug-likeness (QED) is 0.0844. The Morgan fingerprint density at radius 3 is 2.21 bits per heavy atom. The highest BCUT2D eigenvalue weighted by molar-refractivity contribution is 7.67. The number of fused-ring (bicyclic) bond motifs is 2. The number of azo groups is 1. The van der Waals surface area contributed by atoms with Crippen molar-refractivity contribution in [2.24, 2.45) is 10.2 Å². The molecule has 0 saturated carbocycles. The molecule has 0 amide bonds. The Morgan fingerprint density at radius 2 is 1.47 bits per heavy atom. The molecule has 5 aromatic carbocycles. The van der Waals surface area contributed by atoms with Gasteiger partial charge in [0, 0.05) is 10.9 Å². The van der Waals surface area contributed by atoms with Crippen LogP contribution in [-0.4, -0.2) is 19.3 Å². The molecule has 212 valence electrons. The van der Waals surface area contributed by atoms with E-state index in [1.807, 2.05) is 30.3 Å². The number of Topliss-reactive ketones (excluding diaryl/α,β-unsaturated/α-hetero) is 1. The van der Waals surface area contributed by atoms with E-state index in [4.69, 9.17) is 8.60 Å². The molecule has 1 heterocycles. The highest BCUT2D eigenvalue weighted by Gasteiger charge is 2.32. The molecule has 0 aliphatic rings. The van der Waals surface area contributed by atoms with Crippen molar-refractivity contribution in [2.75, 3.05) is 0 Å². The monoisotopic (exact) mass is 590 g/mol.